The van der Waals surface area contributed by atoms with E-state index in [-0.39, 0.29) is 11.1 Å². The highest BCUT2D eigenvalue weighted by Crippen LogP contribution is 2.21. The first kappa shape index (κ1) is 11.9. The highest BCUT2D eigenvalue weighted by atomic mass is 35.5. The summed E-state index contributed by atoms with van der Waals surface area (Å²) in [5.41, 5.74) is 1.21. The van der Waals surface area contributed by atoms with Crippen molar-refractivity contribution in [1.82, 2.24) is 15.0 Å². The molecule has 90 valence electrons. The standard InChI is InChI=1S/C11H11ClFN3O/c1-7(12)10-6-16(15-14-10)8-3-4-11(17-2)9(13)5-8/h3-7H,1-2H3. The SMILES string of the molecule is COc1ccc(-n2cc(C(C)Cl)nn2)cc1F. The summed E-state index contributed by atoms with van der Waals surface area (Å²) in [6.07, 6.45) is 1.67. The molecule has 0 N–H and O–H groups in total. The van der Waals surface area contributed by atoms with Gasteiger partial charge in [0.25, 0.3) is 0 Å². The zero-order valence-corrected chi connectivity index (χ0v) is 10.1. The van der Waals surface area contributed by atoms with Gasteiger partial charge in [-0.2, -0.15) is 0 Å². The molecule has 0 aliphatic heterocycles. The molecular formula is C11H11ClFN3O. The number of nitrogens with zero attached hydrogens (tertiary/aromatic N) is 3. The number of halogens is 2. The third kappa shape index (κ3) is 2.39. The van der Waals surface area contributed by atoms with Crippen LogP contribution in [0.4, 0.5) is 4.39 Å². The van der Waals surface area contributed by atoms with Crippen LogP contribution in [0.1, 0.15) is 18.0 Å². The van der Waals surface area contributed by atoms with E-state index in [0.717, 1.165) is 0 Å². The molecule has 1 unspecified atom stereocenters. The van der Waals surface area contributed by atoms with E-state index in [9.17, 15) is 4.39 Å². The van der Waals surface area contributed by atoms with Crippen LogP contribution in [0.25, 0.3) is 5.69 Å². The highest BCUT2D eigenvalue weighted by molar-refractivity contribution is 6.20. The minimum absolute atomic E-state index is 0.194. The van der Waals surface area contributed by atoms with Crippen LogP contribution in [0, 0.1) is 5.82 Å². The molecule has 1 atom stereocenters. The molecule has 0 aliphatic carbocycles. The van der Waals surface area contributed by atoms with Gasteiger partial charge >= 0.3 is 0 Å². The lowest BCUT2D eigenvalue weighted by atomic mass is 10.3. The summed E-state index contributed by atoms with van der Waals surface area (Å²) in [5.74, 6) is -0.249. The van der Waals surface area contributed by atoms with E-state index in [1.54, 1.807) is 19.2 Å². The van der Waals surface area contributed by atoms with Gasteiger partial charge in [0.1, 0.15) is 5.69 Å². The number of ether oxygens (including phenoxy) is 1. The maximum absolute atomic E-state index is 13.5. The molecule has 1 heterocycles. The van der Waals surface area contributed by atoms with Crippen LogP contribution in [0.3, 0.4) is 0 Å². The molecule has 0 bridgehead atoms. The number of aromatic nitrogens is 3. The smallest absolute Gasteiger partial charge is 0.167 e. The van der Waals surface area contributed by atoms with Crippen molar-refractivity contribution in [3.05, 3.63) is 35.9 Å². The maximum atomic E-state index is 13.5. The van der Waals surface area contributed by atoms with Crippen molar-refractivity contribution in [2.75, 3.05) is 7.11 Å². The molecule has 17 heavy (non-hydrogen) atoms. The van der Waals surface area contributed by atoms with Gasteiger partial charge in [0.2, 0.25) is 0 Å². The van der Waals surface area contributed by atoms with Crippen LogP contribution < -0.4 is 4.74 Å². The predicted octanol–water partition coefficient (Wildman–Crippen LogP) is 2.71. The molecule has 4 nitrogen and oxygen atoms in total. The molecule has 2 rings (SSSR count). The Kier molecular flexibility index (Phi) is 3.28. The summed E-state index contributed by atoms with van der Waals surface area (Å²) in [4.78, 5) is 0. The Bertz CT molecular complexity index is 527. The van der Waals surface area contributed by atoms with Gasteiger partial charge in [0, 0.05) is 6.07 Å². The molecule has 0 spiro atoms. The largest absolute Gasteiger partial charge is 0.494 e. The molecule has 2 aromatic rings. The Morgan fingerprint density at radius 3 is 2.76 bits per heavy atom. The molecule has 0 amide bonds. The van der Waals surface area contributed by atoms with Crippen molar-refractivity contribution in [2.24, 2.45) is 0 Å². The van der Waals surface area contributed by atoms with Gasteiger partial charge < -0.3 is 4.74 Å². The second-order valence-corrected chi connectivity index (χ2v) is 4.18. The van der Waals surface area contributed by atoms with Crippen LogP contribution in [0.2, 0.25) is 0 Å². The maximum Gasteiger partial charge on any atom is 0.167 e. The fraction of sp³-hybridized carbons (Fsp3) is 0.273. The Morgan fingerprint density at radius 1 is 1.47 bits per heavy atom. The zero-order chi connectivity index (χ0) is 12.4. The van der Waals surface area contributed by atoms with E-state index in [0.29, 0.717) is 11.4 Å². The Labute approximate surface area is 103 Å². The first-order valence-electron chi connectivity index (χ1n) is 5.02. The highest BCUT2D eigenvalue weighted by Gasteiger charge is 2.09. The fourth-order valence-electron chi connectivity index (χ4n) is 1.38. The van der Waals surface area contributed by atoms with E-state index < -0.39 is 5.82 Å². The van der Waals surface area contributed by atoms with E-state index in [1.807, 2.05) is 0 Å². The van der Waals surface area contributed by atoms with Gasteiger partial charge in [-0.1, -0.05) is 5.21 Å². The zero-order valence-electron chi connectivity index (χ0n) is 9.39. The van der Waals surface area contributed by atoms with E-state index in [4.69, 9.17) is 16.3 Å². The van der Waals surface area contributed by atoms with Gasteiger partial charge in [-0.3, -0.25) is 0 Å². The molecule has 0 saturated heterocycles. The first-order valence-corrected chi connectivity index (χ1v) is 5.45. The first-order chi connectivity index (χ1) is 8.11. The lowest BCUT2D eigenvalue weighted by Crippen LogP contribution is -1.97. The summed E-state index contributed by atoms with van der Waals surface area (Å²) in [6, 6.07) is 4.56. The van der Waals surface area contributed by atoms with Crippen LogP contribution in [-0.4, -0.2) is 22.1 Å². The lowest BCUT2D eigenvalue weighted by molar-refractivity contribution is 0.386. The number of methoxy groups -OCH3 is 1. The van der Waals surface area contributed by atoms with Crippen molar-refractivity contribution in [2.45, 2.75) is 12.3 Å². The van der Waals surface area contributed by atoms with Crippen molar-refractivity contribution in [3.63, 3.8) is 0 Å². The van der Waals surface area contributed by atoms with Crippen LogP contribution in [0.15, 0.2) is 24.4 Å². The van der Waals surface area contributed by atoms with Crippen molar-refractivity contribution >= 4 is 11.6 Å². The third-order valence-electron chi connectivity index (χ3n) is 2.32. The molecule has 1 aromatic carbocycles. The van der Waals surface area contributed by atoms with Gasteiger partial charge in [0.05, 0.1) is 24.4 Å². The summed E-state index contributed by atoms with van der Waals surface area (Å²) < 4.78 is 19.8. The number of rotatable bonds is 3. The quantitative estimate of drug-likeness (QED) is 0.792. The lowest BCUT2D eigenvalue weighted by Gasteiger charge is -2.04. The van der Waals surface area contributed by atoms with Crippen molar-refractivity contribution in [3.8, 4) is 11.4 Å². The Hall–Kier alpha value is -1.62. The van der Waals surface area contributed by atoms with Gasteiger partial charge in [-0.25, -0.2) is 9.07 Å². The average Bonchev–Trinajstić information content (AvgIpc) is 2.78. The summed E-state index contributed by atoms with van der Waals surface area (Å²) >= 11 is 5.87. The molecule has 0 saturated carbocycles. The molecule has 0 fully saturated rings. The van der Waals surface area contributed by atoms with Gasteiger partial charge in [0.15, 0.2) is 11.6 Å². The van der Waals surface area contributed by atoms with Crippen molar-refractivity contribution < 1.29 is 9.13 Å². The summed E-state index contributed by atoms with van der Waals surface area (Å²) in [5, 5.41) is 7.54. The summed E-state index contributed by atoms with van der Waals surface area (Å²) in [7, 11) is 1.42. The van der Waals surface area contributed by atoms with Crippen LogP contribution in [-0.2, 0) is 0 Å². The Morgan fingerprint density at radius 2 is 2.24 bits per heavy atom. The van der Waals surface area contributed by atoms with E-state index in [2.05, 4.69) is 10.3 Å². The summed E-state index contributed by atoms with van der Waals surface area (Å²) in [6.45, 7) is 1.80. The second-order valence-electron chi connectivity index (χ2n) is 3.52. The predicted molar refractivity (Wildman–Crippen MR) is 62.1 cm³/mol. The average molecular weight is 256 g/mol. The molecule has 1 aromatic heterocycles. The Balaban J connectivity index is 2.36. The normalized spacial score (nSPS) is 12.5. The van der Waals surface area contributed by atoms with Gasteiger partial charge in [-0.15, -0.1) is 16.7 Å². The minimum Gasteiger partial charge on any atom is -0.494 e. The van der Waals surface area contributed by atoms with Crippen molar-refractivity contribution in [1.29, 1.82) is 0 Å². The number of hydrogen-bond acceptors (Lipinski definition) is 3. The minimum atomic E-state index is -0.444. The molecule has 6 heteroatoms. The monoisotopic (exact) mass is 255 g/mol. The van der Waals surface area contributed by atoms with Crippen LogP contribution >= 0.6 is 11.6 Å². The van der Waals surface area contributed by atoms with Gasteiger partial charge in [-0.05, 0) is 19.1 Å². The second kappa shape index (κ2) is 4.71. The van der Waals surface area contributed by atoms with Crippen LogP contribution in [0.5, 0.6) is 5.75 Å². The van der Waals surface area contributed by atoms with E-state index in [1.165, 1.54) is 23.9 Å². The fourth-order valence-corrected chi connectivity index (χ4v) is 1.48. The number of benzene rings is 1. The topological polar surface area (TPSA) is 39.9 Å². The number of hydrogen-bond donors (Lipinski definition) is 0. The number of alkyl halides is 1. The van der Waals surface area contributed by atoms with E-state index >= 15 is 0 Å². The molecular weight excluding hydrogens is 245 g/mol. The molecule has 0 radical (unpaired) electrons. The third-order valence-corrected chi connectivity index (χ3v) is 2.54. The molecule has 0 aliphatic rings.